The summed E-state index contributed by atoms with van der Waals surface area (Å²) >= 11 is 6.76. The predicted octanol–water partition coefficient (Wildman–Crippen LogP) is 2.58. The summed E-state index contributed by atoms with van der Waals surface area (Å²) in [5.41, 5.74) is 7.81. The van der Waals surface area contributed by atoms with Gasteiger partial charge in [0.05, 0.1) is 17.8 Å². The SMILES string of the molecule is CNCC(=O)N1CCC(c2nc(N)nc(-n3ccc4ccccc43)c2Cl)CC1. The molecule has 28 heavy (non-hydrogen) atoms. The van der Waals surface area contributed by atoms with E-state index in [-0.39, 0.29) is 17.8 Å². The number of halogens is 1. The van der Waals surface area contributed by atoms with Crippen molar-refractivity contribution >= 4 is 34.4 Å². The molecule has 3 heterocycles. The summed E-state index contributed by atoms with van der Waals surface area (Å²) in [7, 11) is 1.78. The number of carbonyl (C=O) groups excluding carboxylic acids is 1. The number of fused-ring (bicyclic) bond motifs is 1. The maximum Gasteiger partial charge on any atom is 0.236 e. The Balaban J connectivity index is 1.64. The van der Waals surface area contributed by atoms with Crippen LogP contribution in [0.5, 0.6) is 0 Å². The minimum Gasteiger partial charge on any atom is -0.368 e. The lowest BCUT2D eigenvalue weighted by atomic mass is 9.93. The van der Waals surface area contributed by atoms with Crippen molar-refractivity contribution < 1.29 is 4.79 Å². The first-order chi connectivity index (χ1) is 13.6. The van der Waals surface area contributed by atoms with Crippen LogP contribution in [-0.4, -0.2) is 52.0 Å². The van der Waals surface area contributed by atoms with Gasteiger partial charge in [0.1, 0.15) is 5.02 Å². The van der Waals surface area contributed by atoms with Crippen molar-refractivity contribution in [1.29, 1.82) is 0 Å². The molecule has 0 unspecified atom stereocenters. The van der Waals surface area contributed by atoms with Crippen LogP contribution in [-0.2, 0) is 4.79 Å². The average Bonchev–Trinajstić information content (AvgIpc) is 3.14. The molecule has 0 atom stereocenters. The molecule has 1 amide bonds. The highest BCUT2D eigenvalue weighted by Crippen LogP contribution is 2.35. The van der Waals surface area contributed by atoms with Gasteiger partial charge in [-0.05, 0) is 37.4 Å². The Kier molecular flexibility index (Phi) is 5.19. The highest BCUT2D eigenvalue weighted by molar-refractivity contribution is 6.33. The van der Waals surface area contributed by atoms with Crippen LogP contribution < -0.4 is 11.1 Å². The number of hydrogen-bond acceptors (Lipinski definition) is 5. The second-order valence-electron chi connectivity index (χ2n) is 7.03. The highest BCUT2D eigenvalue weighted by Gasteiger charge is 2.28. The highest BCUT2D eigenvalue weighted by atomic mass is 35.5. The first kappa shape index (κ1) is 18.7. The van der Waals surface area contributed by atoms with Crippen molar-refractivity contribution in [3.8, 4) is 5.82 Å². The molecule has 8 heteroatoms. The molecule has 0 radical (unpaired) electrons. The summed E-state index contributed by atoms with van der Waals surface area (Å²) in [4.78, 5) is 22.8. The predicted molar refractivity (Wildman–Crippen MR) is 111 cm³/mol. The second-order valence-corrected chi connectivity index (χ2v) is 7.41. The van der Waals surface area contributed by atoms with E-state index in [9.17, 15) is 4.79 Å². The minimum absolute atomic E-state index is 0.119. The third kappa shape index (κ3) is 3.43. The normalized spacial score (nSPS) is 15.3. The van der Waals surface area contributed by atoms with Crippen molar-refractivity contribution in [3.05, 3.63) is 47.2 Å². The molecule has 7 nitrogen and oxygen atoms in total. The Bertz CT molecular complexity index is 1010. The summed E-state index contributed by atoms with van der Waals surface area (Å²) in [6.07, 6.45) is 3.55. The van der Waals surface area contributed by atoms with Gasteiger partial charge in [-0.25, -0.2) is 4.98 Å². The summed E-state index contributed by atoms with van der Waals surface area (Å²) in [6.45, 7) is 1.73. The third-order valence-corrected chi connectivity index (χ3v) is 5.63. The number of piperidine rings is 1. The molecule has 146 valence electrons. The Morgan fingerprint density at radius 2 is 2.00 bits per heavy atom. The quantitative estimate of drug-likeness (QED) is 0.705. The fraction of sp³-hybridized carbons (Fsp3) is 0.350. The van der Waals surface area contributed by atoms with Crippen molar-refractivity contribution in [2.75, 3.05) is 32.4 Å². The smallest absolute Gasteiger partial charge is 0.236 e. The van der Waals surface area contributed by atoms with Crippen molar-refractivity contribution in [2.24, 2.45) is 0 Å². The number of carbonyl (C=O) groups is 1. The fourth-order valence-electron chi connectivity index (χ4n) is 3.83. The molecule has 0 spiro atoms. The van der Waals surface area contributed by atoms with E-state index < -0.39 is 0 Å². The number of nitrogens with zero attached hydrogens (tertiary/aromatic N) is 4. The van der Waals surface area contributed by atoms with E-state index in [2.05, 4.69) is 15.3 Å². The van der Waals surface area contributed by atoms with Crippen LogP contribution in [0.2, 0.25) is 5.02 Å². The van der Waals surface area contributed by atoms with Crippen LogP contribution >= 0.6 is 11.6 Å². The number of nitrogens with two attached hydrogens (primary N) is 1. The molecule has 1 aromatic carbocycles. The molecule has 2 aromatic heterocycles. The lowest BCUT2D eigenvalue weighted by Gasteiger charge is -2.32. The molecule has 1 fully saturated rings. The molecule has 1 saturated heterocycles. The van der Waals surface area contributed by atoms with E-state index in [1.54, 1.807) is 7.05 Å². The Morgan fingerprint density at radius 3 is 2.75 bits per heavy atom. The van der Waals surface area contributed by atoms with E-state index in [0.717, 1.165) is 29.4 Å². The number of nitrogen functional groups attached to an aromatic ring is 1. The lowest BCUT2D eigenvalue weighted by molar-refractivity contribution is -0.131. The zero-order chi connectivity index (χ0) is 19.7. The van der Waals surface area contributed by atoms with Gasteiger partial charge in [0.25, 0.3) is 0 Å². The number of rotatable bonds is 4. The first-order valence-electron chi connectivity index (χ1n) is 9.40. The van der Waals surface area contributed by atoms with Gasteiger partial charge in [0.15, 0.2) is 5.82 Å². The van der Waals surface area contributed by atoms with Crippen LogP contribution in [0.15, 0.2) is 36.5 Å². The molecule has 0 saturated carbocycles. The molecule has 1 aliphatic heterocycles. The number of benzene rings is 1. The molecule has 3 N–H and O–H groups in total. The van der Waals surface area contributed by atoms with Crippen LogP contribution in [0.1, 0.15) is 24.5 Å². The van der Waals surface area contributed by atoms with Crippen LogP contribution in [0.25, 0.3) is 16.7 Å². The standard InChI is InChI=1S/C20H23ClN6O/c1-23-12-16(28)26-9-6-14(7-10-26)18-17(21)19(25-20(22)24-18)27-11-8-13-4-2-3-5-15(13)27/h2-5,8,11,14,23H,6-7,9-10,12H2,1H3,(H2,22,24,25). The van der Waals surface area contributed by atoms with Crippen LogP contribution in [0.3, 0.4) is 0 Å². The number of anilines is 1. The van der Waals surface area contributed by atoms with Crippen molar-refractivity contribution in [2.45, 2.75) is 18.8 Å². The lowest BCUT2D eigenvalue weighted by Crippen LogP contribution is -2.42. The molecule has 3 aromatic rings. The van der Waals surface area contributed by atoms with Crippen LogP contribution in [0, 0.1) is 0 Å². The third-order valence-electron chi connectivity index (χ3n) is 5.27. The van der Waals surface area contributed by atoms with E-state index >= 15 is 0 Å². The number of para-hydroxylation sites is 1. The molecular formula is C20H23ClN6O. The number of amides is 1. The van der Waals surface area contributed by atoms with Gasteiger partial charge in [-0.2, -0.15) is 4.98 Å². The monoisotopic (exact) mass is 398 g/mol. The number of hydrogen-bond donors (Lipinski definition) is 2. The number of likely N-dealkylation sites (N-methyl/N-ethyl adjacent to an activating group) is 1. The van der Waals surface area contributed by atoms with E-state index in [1.165, 1.54) is 0 Å². The molecular weight excluding hydrogens is 376 g/mol. The van der Waals surface area contributed by atoms with Crippen LogP contribution in [0.4, 0.5) is 5.95 Å². The van der Waals surface area contributed by atoms with Gasteiger partial charge in [0, 0.05) is 25.2 Å². The molecule has 0 aliphatic carbocycles. The Morgan fingerprint density at radius 1 is 1.25 bits per heavy atom. The Hall–Kier alpha value is -2.64. The van der Waals surface area contributed by atoms with Gasteiger partial charge in [-0.3, -0.25) is 9.36 Å². The summed E-state index contributed by atoms with van der Waals surface area (Å²) in [5.74, 6) is 1.07. The number of nitrogens with one attached hydrogen (secondary N) is 1. The molecule has 4 rings (SSSR count). The molecule has 1 aliphatic rings. The van der Waals surface area contributed by atoms with Gasteiger partial charge in [-0.1, -0.05) is 29.8 Å². The minimum atomic E-state index is 0.119. The topological polar surface area (TPSA) is 89.1 Å². The van der Waals surface area contributed by atoms with E-state index in [0.29, 0.717) is 30.5 Å². The second kappa shape index (κ2) is 7.77. The number of aromatic nitrogens is 3. The van der Waals surface area contributed by atoms with Gasteiger partial charge < -0.3 is 16.0 Å². The van der Waals surface area contributed by atoms with E-state index in [1.807, 2.05) is 46.0 Å². The largest absolute Gasteiger partial charge is 0.368 e. The van der Waals surface area contributed by atoms with Crippen molar-refractivity contribution in [1.82, 2.24) is 24.8 Å². The average molecular weight is 399 g/mol. The van der Waals surface area contributed by atoms with Gasteiger partial charge >= 0.3 is 0 Å². The maximum absolute atomic E-state index is 12.1. The molecule has 0 bridgehead atoms. The summed E-state index contributed by atoms with van der Waals surface area (Å²) < 4.78 is 1.95. The van der Waals surface area contributed by atoms with E-state index in [4.69, 9.17) is 17.3 Å². The Labute approximate surface area is 168 Å². The summed E-state index contributed by atoms with van der Waals surface area (Å²) in [6, 6.07) is 10.1. The van der Waals surface area contributed by atoms with Gasteiger partial charge in [0.2, 0.25) is 11.9 Å². The maximum atomic E-state index is 12.1. The fourth-order valence-corrected chi connectivity index (χ4v) is 4.16. The number of likely N-dealkylation sites (tertiary alicyclic amines) is 1. The zero-order valence-corrected chi connectivity index (χ0v) is 16.5. The van der Waals surface area contributed by atoms with Gasteiger partial charge in [-0.15, -0.1) is 0 Å². The summed E-state index contributed by atoms with van der Waals surface area (Å²) in [5, 5.41) is 4.54. The van der Waals surface area contributed by atoms with Crippen molar-refractivity contribution in [3.63, 3.8) is 0 Å². The first-order valence-corrected chi connectivity index (χ1v) is 9.78. The zero-order valence-electron chi connectivity index (χ0n) is 15.7.